The number of rotatable bonds is 17. The smallest absolute Gasteiger partial charge is 0.422 e. The summed E-state index contributed by atoms with van der Waals surface area (Å²) in [6.07, 6.45) is 15.7. The van der Waals surface area contributed by atoms with Crippen molar-refractivity contribution >= 4 is 6.02 Å². The van der Waals surface area contributed by atoms with E-state index in [0.29, 0.717) is 6.61 Å². The van der Waals surface area contributed by atoms with E-state index in [0.717, 1.165) is 23.0 Å². The molecule has 0 aromatic carbocycles. The maximum Gasteiger partial charge on any atom is 0.593 e. The standard InChI is InChI=1S/C19H41N2O5/c1-6-7-8-9-10-11-12-13-14-15-16-17-18-26-19(20(22-2)23-3)21(24-4)25-5/h6-18H2,1-5H3/q+1. The summed E-state index contributed by atoms with van der Waals surface area (Å²) in [6.45, 7) is 2.80. The van der Waals surface area contributed by atoms with Crippen molar-refractivity contribution in [1.82, 2.24) is 5.23 Å². The first-order valence-corrected chi connectivity index (χ1v) is 10.0. The highest BCUT2D eigenvalue weighted by Crippen LogP contribution is 2.12. The largest absolute Gasteiger partial charge is 0.593 e. The van der Waals surface area contributed by atoms with E-state index in [1.165, 1.54) is 92.6 Å². The molecule has 0 radical (unpaired) electrons. The van der Waals surface area contributed by atoms with Crippen LogP contribution in [-0.2, 0) is 24.1 Å². The first-order valence-electron chi connectivity index (χ1n) is 10.0. The summed E-state index contributed by atoms with van der Waals surface area (Å²) in [6, 6.07) is 0.197. The summed E-state index contributed by atoms with van der Waals surface area (Å²) < 4.78 is 5.69. The third-order valence-corrected chi connectivity index (χ3v) is 4.20. The van der Waals surface area contributed by atoms with Gasteiger partial charge in [-0.15, -0.1) is 0 Å². The SMILES string of the molecule is CCCCCCCCCCCCCCOC(N(OC)OC)=[N+](OC)OC. The summed E-state index contributed by atoms with van der Waals surface area (Å²) in [5, 5.41) is 1.09. The fraction of sp³-hybridized carbons (Fsp3) is 0.947. The number of nitrogens with zero attached hydrogens (tertiary/aromatic N) is 2. The fourth-order valence-corrected chi connectivity index (χ4v) is 2.74. The van der Waals surface area contributed by atoms with E-state index < -0.39 is 0 Å². The molecule has 0 heterocycles. The van der Waals surface area contributed by atoms with Gasteiger partial charge >= 0.3 is 6.02 Å². The highest BCUT2D eigenvalue weighted by molar-refractivity contribution is 5.65. The molecule has 0 spiro atoms. The molecule has 0 saturated heterocycles. The van der Waals surface area contributed by atoms with Crippen LogP contribution in [0.3, 0.4) is 0 Å². The minimum Gasteiger partial charge on any atom is -0.422 e. The van der Waals surface area contributed by atoms with Crippen LogP contribution < -0.4 is 0 Å². The molecule has 7 nitrogen and oxygen atoms in total. The Morgan fingerprint density at radius 3 is 1.46 bits per heavy atom. The number of hydrogen-bond donors (Lipinski definition) is 0. The molecular formula is C19H41N2O5+. The van der Waals surface area contributed by atoms with E-state index in [9.17, 15) is 0 Å². The second kappa shape index (κ2) is 18.6. The summed E-state index contributed by atoms with van der Waals surface area (Å²) in [5.74, 6) is 0. The van der Waals surface area contributed by atoms with Gasteiger partial charge in [-0.2, -0.15) is 9.68 Å². The lowest BCUT2D eigenvalue weighted by molar-refractivity contribution is -0.965. The molecule has 0 aliphatic rings. The predicted molar refractivity (Wildman–Crippen MR) is 102 cm³/mol. The van der Waals surface area contributed by atoms with Gasteiger partial charge in [0, 0.05) is 0 Å². The van der Waals surface area contributed by atoms with Gasteiger partial charge < -0.3 is 14.4 Å². The second-order valence-corrected chi connectivity index (χ2v) is 6.26. The molecule has 0 atom stereocenters. The first kappa shape index (κ1) is 24.8. The topological polar surface area (TPSA) is 52.4 Å². The van der Waals surface area contributed by atoms with Crippen LogP contribution >= 0.6 is 0 Å². The van der Waals surface area contributed by atoms with E-state index in [2.05, 4.69) is 6.92 Å². The number of hydroxylamine groups is 2. The van der Waals surface area contributed by atoms with Crippen molar-refractivity contribution < 1.29 is 29.0 Å². The van der Waals surface area contributed by atoms with Gasteiger partial charge in [-0.05, 0) is 6.42 Å². The van der Waals surface area contributed by atoms with Crippen LogP contribution in [-0.4, -0.2) is 51.2 Å². The van der Waals surface area contributed by atoms with Gasteiger partial charge in [0.15, 0.2) is 4.90 Å². The molecule has 156 valence electrons. The van der Waals surface area contributed by atoms with Crippen molar-refractivity contribution in [3.8, 4) is 0 Å². The Hall–Kier alpha value is -1.21. The molecule has 0 bridgehead atoms. The number of amidine groups is 1. The van der Waals surface area contributed by atoms with Gasteiger partial charge in [0.05, 0.1) is 26.1 Å². The molecular weight excluding hydrogens is 336 g/mol. The Labute approximate surface area is 160 Å². The lowest BCUT2D eigenvalue weighted by Gasteiger charge is -2.12. The Bertz CT molecular complexity index is 330. The molecule has 0 saturated carbocycles. The van der Waals surface area contributed by atoms with Crippen LogP contribution in [0.4, 0.5) is 0 Å². The molecule has 7 heteroatoms. The van der Waals surface area contributed by atoms with Crippen molar-refractivity contribution in [2.75, 3.05) is 35.0 Å². The Balaban J connectivity index is 3.75. The molecule has 0 unspecified atom stereocenters. The minimum absolute atomic E-state index is 0.197. The summed E-state index contributed by atoms with van der Waals surface area (Å²) in [7, 11) is 5.89. The quantitative estimate of drug-likeness (QED) is 0.160. The number of unbranched alkanes of at least 4 members (excludes halogenated alkanes) is 11. The maximum atomic E-state index is 5.69. The van der Waals surface area contributed by atoms with Gasteiger partial charge in [0.25, 0.3) is 0 Å². The predicted octanol–water partition coefficient (Wildman–Crippen LogP) is 4.62. The van der Waals surface area contributed by atoms with Gasteiger partial charge in [-0.1, -0.05) is 77.6 Å². The van der Waals surface area contributed by atoms with Gasteiger partial charge in [-0.3, -0.25) is 0 Å². The second-order valence-electron chi connectivity index (χ2n) is 6.26. The van der Waals surface area contributed by atoms with Crippen LogP contribution in [0.25, 0.3) is 0 Å². The number of ether oxygens (including phenoxy) is 1. The van der Waals surface area contributed by atoms with Crippen molar-refractivity contribution in [3.63, 3.8) is 0 Å². The van der Waals surface area contributed by atoms with Crippen LogP contribution in [0, 0.1) is 0 Å². The lowest BCUT2D eigenvalue weighted by Crippen LogP contribution is -2.38. The summed E-state index contributed by atoms with van der Waals surface area (Å²) >= 11 is 0. The lowest BCUT2D eigenvalue weighted by atomic mass is 10.1. The van der Waals surface area contributed by atoms with E-state index in [-0.39, 0.29) is 6.02 Å². The zero-order valence-corrected chi connectivity index (χ0v) is 17.6. The van der Waals surface area contributed by atoms with Crippen molar-refractivity contribution in [2.45, 2.75) is 84.0 Å². The average molecular weight is 378 g/mol. The van der Waals surface area contributed by atoms with Gasteiger partial charge in [0.2, 0.25) is 0 Å². The molecule has 0 rings (SSSR count). The fourth-order valence-electron chi connectivity index (χ4n) is 2.74. The van der Waals surface area contributed by atoms with Crippen LogP contribution in [0.1, 0.15) is 84.0 Å². The van der Waals surface area contributed by atoms with E-state index in [1.54, 1.807) is 0 Å². The Morgan fingerprint density at radius 1 is 0.654 bits per heavy atom. The highest BCUT2D eigenvalue weighted by Gasteiger charge is 2.31. The Kier molecular flexibility index (Phi) is 17.7. The van der Waals surface area contributed by atoms with E-state index in [4.69, 9.17) is 24.1 Å². The van der Waals surface area contributed by atoms with E-state index in [1.807, 2.05) is 0 Å². The van der Waals surface area contributed by atoms with Crippen molar-refractivity contribution in [1.29, 1.82) is 0 Å². The third kappa shape index (κ3) is 12.2. The molecule has 0 aromatic heterocycles. The zero-order valence-electron chi connectivity index (χ0n) is 17.6. The van der Waals surface area contributed by atoms with Crippen LogP contribution in [0.15, 0.2) is 0 Å². The zero-order chi connectivity index (χ0) is 19.5. The number of hydrogen-bond acceptors (Lipinski definition) is 5. The maximum absolute atomic E-state index is 5.69. The summed E-state index contributed by atoms with van der Waals surface area (Å²) in [5.41, 5.74) is 0. The molecule has 0 N–H and O–H groups in total. The minimum atomic E-state index is 0.197. The first-order chi connectivity index (χ1) is 12.7. The molecule has 0 fully saturated rings. The van der Waals surface area contributed by atoms with Gasteiger partial charge in [0.1, 0.15) is 14.2 Å². The normalized spacial score (nSPS) is 10.5. The van der Waals surface area contributed by atoms with Crippen LogP contribution in [0.5, 0.6) is 0 Å². The van der Waals surface area contributed by atoms with Gasteiger partial charge in [-0.25, -0.2) is 0 Å². The molecule has 0 aliphatic carbocycles. The third-order valence-electron chi connectivity index (χ3n) is 4.20. The monoisotopic (exact) mass is 377 g/mol. The molecule has 0 amide bonds. The Morgan fingerprint density at radius 2 is 1.08 bits per heavy atom. The molecule has 26 heavy (non-hydrogen) atoms. The average Bonchev–Trinajstić information content (AvgIpc) is 2.66. The highest BCUT2D eigenvalue weighted by atomic mass is 17.0. The summed E-state index contributed by atoms with van der Waals surface area (Å²) in [4.78, 5) is 21.3. The molecule has 0 aromatic rings. The molecule has 0 aliphatic heterocycles. The van der Waals surface area contributed by atoms with Crippen molar-refractivity contribution in [2.24, 2.45) is 0 Å². The van der Waals surface area contributed by atoms with Crippen LogP contribution in [0.2, 0.25) is 0 Å². The van der Waals surface area contributed by atoms with Crippen molar-refractivity contribution in [3.05, 3.63) is 0 Å². The van der Waals surface area contributed by atoms with E-state index >= 15 is 0 Å².